The van der Waals surface area contributed by atoms with Crippen molar-refractivity contribution in [2.75, 3.05) is 25.6 Å². The van der Waals surface area contributed by atoms with Gasteiger partial charge in [0.25, 0.3) is 5.56 Å². The second kappa shape index (κ2) is 13.2. The number of pyridine rings is 1. The molecule has 4 rings (SSSR count). The van der Waals surface area contributed by atoms with Gasteiger partial charge in [-0.05, 0) is 88.4 Å². The lowest BCUT2D eigenvalue weighted by atomic mass is 9.93. The molecule has 2 heterocycles. The average molecular weight is 592 g/mol. The molecule has 2 unspecified atom stereocenters. The zero-order chi connectivity index (χ0) is 30.4. The number of hydrogen-bond donors (Lipinski definition) is 1. The lowest BCUT2D eigenvalue weighted by molar-refractivity contribution is -0.120. The molecule has 3 aromatic rings. The maximum Gasteiger partial charge on any atom is 0.338 e. The third-order valence-corrected chi connectivity index (χ3v) is 7.13. The molecule has 0 spiro atoms. The minimum absolute atomic E-state index is 0.0692. The number of amides is 1. The van der Waals surface area contributed by atoms with Gasteiger partial charge in [-0.1, -0.05) is 11.6 Å². The van der Waals surface area contributed by atoms with E-state index in [2.05, 4.69) is 11.4 Å². The first-order chi connectivity index (χ1) is 20.0. The molecule has 1 amide bonds. The van der Waals surface area contributed by atoms with Crippen LogP contribution in [0, 0.1) is 17.2 Å². The van der Waals surface area contributed by atoms with Gasteiger partial charge in [-0.25, -0.2) is 4.79 Å². The summed E-state index contributed by atoms with van der Waals surface area (Å²) in [6.45, 7) is 6.53. The van der Waals surface area contributed by atoms with E-state index in [0.717, 1.165) is 12.8 Å². The Morgan fingerprint density at radius 2 is 1.90 bits per heavy atom. The van der Waals surface area contributed by atoms with Gasteiger partial charge in [-0.2, -0.15) is 5.26 Å². The third kappa shape index (κ3) is 7.58. The molecule has 2 aromatic carbocycles. The van der Waals surface area contributed by atoms with Crippen molar-refractivity contribution in [2.24, 2.45) is 5.92 Å². The molecule has 10 heteroatoms. The summed E-state index contributed by atoms with van der Waals surface area (Å²) in [5, 5.41) is 12.9. The van der Waals surface area contributed by atoms with Crippen LogP contribution in [-0.4, -0.2) is 42.4 Å². The number of rotatable bonds is 8. The molecule has 0 radical (unpaired) electrons. The number of aromatic nitrogens is 1. The molecule has 0 saturated carbocycles. The number of anilines is 1. The Morgan fingerprint density at radius 1 is 1.17 bits per heavy atom. The maximum atomic E-state index is 13.7. The van der Waals surface area contributed by atoms with E-state index in [1.54, 1.807) is 63.2 Å². The summed E-state index contributed by atoms with van der Waals surface area (Å²) in [7, 11) is 1.46. The zero-order valence-corrected chi connectivity index (χ0v) is 24.9. The molecule has 0 bridgehead atoms. The van der Waals surface area contributed by atoms with Gasteiger partial charge in [0, 0.05) is 41.1 Å². The minimum atomic E-state index is -0.882. The maximum absolute atomic E-state index is 13.7. The second-order valence-corrected chi connectivity index (χ2v) is 11.6. The van der Waals surface area contributed by atoms with Crippen molar-refractivity contribution in [1.29, 1.82) is 5.26 Å². The molecule has 1 aliphatic heterocycles. The number of hydrogen-bond acceptors (Lipinski definition) is 7. The highest BCUT2D eigenvalue weighted by Gasteiger charge is 2.29. The normalized spacial score (nSPS) is 15.8. The van der Waals surface area contributed by atoms with Gasteiger partial charge >= 0.3 is 5.97 Å². The molecule has 1 aliphatic rings. The minimum Gasteiger partial charge on any atom is -0.495 e. The van der Waals surface area contributed by atoms with Crippen molar-refractivity contribution in [1.82, 2.24) is 4.57 Å². The first kappa shape index (κ1) is 30.8. The van der Waals surface area contributed by atoms with E-state index in [4.69, 9.17) is 25.8 Å². The van der Waals surface area contributed by atoms with Crippen molar-refractivity contribution < 1.29 is 23.8 Å². The Labute approximate surface area is 250 Å². The number of nitrogens with zero attached hydrogens (tertiary/aromatic N) is 2. The van der Waals surface area contributed by atoms with Gasteiger partial charge in [0.05, 0.1) is 30.5 Å². The number of nitriles is 1. The summed E-state index contributed by atoms with van der Waals surface area (Å²) in [4.78, 5) is 39.7. The van der Waals surface area contributed by atoms with Crippen molar-refractivity contribution in [3.05, 3.63) is 81.2 Å². The van der Waals surface area contributed by atoms with Crippen LogP contribution >= 0.6 is 11.6 Å². The van der Waals surface area contributed by atoms with Crippen LogP contribution in [0.2, 0.25) is 5.02 Å². The fraction of sp³-hybridized carbons (Fsp3) is 0.375. The highest BCUT2D eigenvalue weighted by Crippen LogP contribution is 2.34. The van der Waals surface area contributed by atoms with E-state index in [0.29, 0.717) is 58.3 Å². The summed E-state index contributed by atoms with van der Waals surface area (Å²) in [6.07, 6.45) is 3.60. The first-order valence-electron chi connectivity index (χ1n) is 13.7. The van der Waals surface area contributed by atoms with E-state index in [9.17, 15) is 19.6 Å². The molecule has 220 valence electrons. The Hall–Kier alpha value is -4.13. The fourth-order valence-corrected chi connectivity index (χ4v) is 5.06. The Balaban J connectivity index is 1.67. The molecule has 42 heavy (non-hydrogen) atoms. The van der Waals surface area contributed by atoms with Crippen LogP contribution < -0.4 is 15.6 Å². The van der Waals surface area contributed by atoms with Crippen molar-refractivity contribution in [2.45, 2.75) is 51.7 Å². The number of ether oxygens (including phenoxy) is 3. The quantitative estimate of drug-likeness (QED) is 0.319. The lowest BCUT2D eigenvalue weighted by Gasteiger charge is -2.28. The summed E-state index contributed by atoms with van der Waals surface area (Å²) in [5.74, 6) is -0.482. The summed E-state index contributed by atoms with van der Waals surface area (Å²) >= 11 is 6.20. The summed E-state index contributed by atoms with van der Waals surface area (Å²) in [5.41, 5.74) is 0.936. The van der Waals surface area contributed by atoms with Gasteiger partial charge in [0.1, 0.15) is 17.4 Å². The van der Waals surface area contributed by atoms with Crippen LogP contribution in [0.1, 0.15) is 62.0 Å². The standard InChI is InChI=1S/C32H34ClN3O6/c1-32(2,3)42-31(39)21-8-11-24(12-9-21)35-30(38)27(14-20-6-5-13-41-19-20)36-18-28(40-4)26(16-29(36)37)25-15-23(33)10-7-22(25)17-34/h7-12,15-16,18,20,27H,5-6,13-14,19H2,1-4H3,(H,35,38). The number of carbonyl (C=O) groups is 2. The molecular weight excluding hydrogens is 558 g/mol. The number of carbonyl (C=O) groups excluding carboxylic acids is 2. The Bertz CT molecular complexity index is 1550. The lowest BCUT2D eigenvalue weighted by Crippen LogP contribution is -2.35. The summed E-state index contributed by atoms with van der Waals surface area (Å²) < 4.78 is 18.0. The topological polar surface area (TPSA) is 120 Å². The fourth-order valence-electron chi connectivity index (χ4n) is 4.89. The monoisotopic (exact) mass is 591 g/mol. The van der Waals surface area contributed by atoms with Crippen LogP contribution in [-0.2, 0) is 14.3 Å². The zero-order valence-electron chi connectivity index (χ0n) is 24.1. The van der Waals surface area contributed by atoms with E-state index in [1.807, 2.05) is 0 Å². The summed E-state index contributed by atoms with van der Waals surface area (Å²) in [6, 6.07) is 13.8. The van der Waals surface area contributed by atoms with Crippen LogP contribution in [0.15, 0.2) is 59.5 Å². The van der Waals surface area contributed by atoms with Crippen LogP contribution in [0.3, 0.4) is 0 Å². The largest absolute Gasteiger partial charge is 0.495 e. The number of nitrogens with one attached hydrogen (secondary N) is 1. The van der Waals surface area contributed by atoms with E-state index >= 15 is 0 Å². The van der Waals surface area contributed by atoms with E-state index in [1.165, 1.54) is 23.9 Å². The molecular formula is C32H34ClN3O6. The molecule has 1 fully saturated rings. The van der Waals surface area contributed by atoms with Gasteiger partial charge < -0.3 is 19.5 Å². The third-order valence-electron chi connectivity index (χ3n) is 6.89. The molecule has 1 aromatic heterocycles. The van der Waals surface area contributed by atoms with Crippen LogP contribution in [0.25, 0.3) is 11.1 Å². The van der Waals surface area contributed by atoms with Crippen molar-refractivity contribution in [3.8, 4) is 22.9 Å². The molecule has 2 atom stereocenters. The SMILES string of the molecule is COc1cn(C(CC2CCCOC2)C(=O)Nc2ccc(C(=O)OC(C)(C)C)cc2)c(=O)cc1-c1cc(Cl)ccc1C#N. The van der Waals surface area contributed by atoms with Gasteiger partial charge in [-0.15, -0.1) is 0 Å². The Kier molecular flexibility index (Phi) is 9.71. The second-order valence-electron chi connectivity index (χ2n) is 11.2. The van der Waals surface area contributed by atoms with Crippen molar-refractivity contribution >= 4 is 29.2 Å². The highest BCUT2D eigenvalue weighted by atomic mass is 35.5. The number of esters is 1. The smallest absolute Gasteiger partial charge is 0.338 e. The van der Waals surface area contributed by atoms with E-state index in [-0.39, 0.29) is 5.92 Å². The van der Waals surface area contributed by atoms with E-state index < -0.39 is 29.1 Å². The first-order valence-corrected chi connectivity index (χ1v) is 14.1. The van der Waals surface area contributed by atoms with Gasteiger partial charge in [0.2, 0.25) is 5.91 Å². The van der Waals surface area contributed by atoms with Gasteiger partial charge in [-0.3, -0.25) is 14.2 Å². The van der Waals surface area contributed by atoms with Crippen LogP contribution in [0.4, 0.5) is 5.69 Å². The molecule has 1 N–H and O–H groups in total. The predicted molar refractivity (Wildman–Crippen MR) is 160 cm³/mol. The van der Waals surface area contributed by atoms with Gasteiger partial charge in [0.15, 0.2) is 0 Å². The number of methoxy groups -OCH3 is 1. The molecule has 9 nitrogen and oxygen atoms in total. The highest BCUT2D eigenvalue weighted by molar-refractivity contribution is 6.31. The number of benzene rings is 2. The molecule has 0 aliphatic carbocycles. The predicted octanol–water partition coefficient (Wildman–Crippen LogP) is 6.00. The van der Waals surface area contributed by atoms with Crippen molar-refractivity contribution in [3.63, 3.8) is 0 Å². The Morgan fingerprint density at radius 3 is 2.52 bits per heavy atom. The van der Waals surface area contributed by atoms with Crippen LogP contribution in [0.5, 0.6) is 5.75 Å². The molecule has 1 saturated heterocycles. The number of halogens is 1. The average Bonchev–Trinajstić information content (AvgIpc) is 2.96.